The van der Waals surface area contributed by atoms with E-state index in [2.05, 4.69) is 42.3 Å². The molecule has 1 aromatic carbocycles. The van der Waals surface area contributed by atoms with Gasteiger partial charge in [-0.2, -0.15) is 0 Å². The molecule has 2 rings (SSSR count). The quantitative estimate of drug-likeness (QED) is 0.898. The lowest BCUT2D eigenvalue weighted by atomic mass is 10.0. The van der Waals surface area contributed by atoms with Crippen LogP contribution in [0.5, 0.6) is 0 Å². The van der Waals surface area contributed by atoms with Crippen LogP contribution in [0, 0.1) is 20.8 Å². The molecule has 3 heteroatoms. The molecule has 0 aliphatic carbocycles. The van der Waals surface area contributed by atoms with Gasteiger partial charge in [0.15, 0.2) is 0 Å². The Kier molecular flexibility index (Phi) is 3.60. The van der Waals surface area contributed by atoms with Crippen LogP contribution < -0.4 is 5.32 Å². The Morgan fingerprint density at radius 2 is 1.76 bits per heavy atom. The van der Waals surface area contributed by atoms with Crippen LogP contribution in [0.15, 0.2) is 24.4 Å². The van der Waals surface area contributed by atoms with Gasteiger partial charge >= 0.3 is 0 Å². The molecule has 0 amide bonds. The lowest BCUT2D eigenvalue weighted by molar-refractivity contribution is 0.701. The molecule has 0 saturated carbocycles. The number of rotatable bonds is 3. The normalized spacial score (nSPS) is 12.7. The van der Waals surface area contributed by atoms with Gasteiger partial charge in [-0.15, -0.1) is 11.3 Å². The van der Waals surface area contributed by atoms with E-state index in [4.69, 9.17) is 0 Å². The zero-order valence-corrected chi connectivity index (χ0v) is 11.6. The van der Waals surface area contributed by atoms with Gasteiger partial charge in [0.2, 0.25) is 0 Å². The van der Waals surface area contributed by atoms with Crippen molar-refractivity contribution in [3.63, 3.8) is 0 Å². The smallest absolute Gasteiger partial charge is 0.0897 e. The Hall–Kier alpha value is -1.19. The Labute approximate surface area is 107 Å². The number of hydrogen-bond donors (Lipinski definition) is 1. The Balaban J connectivity index is 2.41. The Morgan fingerprint density at radius 1 is 1.12 bits per heavy atom. The molecule has 2 aromatic rings. The average molecular weight is 246 g/mol. The van der Waals surface area contributed by atoms with E-state index in [0.29, 0.717) is 0 Å². The summed E-state index contributed by atoms with van der Waals surface area (Å²) >= 11 is 1.75. The SMILES string of the molecule is CNC(c1cc(C)cc(C)c1)c1cnc(C)s1. The molecule has 2 nitrogen and oxygen atoms in total. The lowest BCUT2D eigenvalue weighted by Gasteiger charge is -2.16. The van der Waals surface area contributed by atoms with Gasteiger partial charge in [0.05, 0.1) is 11.0 Å². The van der Waals surface area contributed by atoms with Crippen LogP contribution in [-0.2, 0) is 0 Å². The van der Waals surface area contributed by atoms with Crippen LogP contribution >= 0.6 is 11.3 Å². The number of aromatic nitrogens is 1. The van der Waals surface area contributed by atoms with E-state index in [-0.39, 0.29) is 6.04 Å². The van der Waals surface area contributed by atoms with Crippen molar-refractivity contribution in [1.29, 1.82) is 0 Å². The summed E-state index contributed by atoms with van der Waals surface area (Å²) in [6, 6.07) is 6.93. The minimum absolute atomic E-state index is 0.250. The summed E-state index contributed by atoms with van der Waals surface area (Å²) in [6.45, 7) is 6.32. The van der Waals surface area contributed by atoms with E-state index < -0.39 is 0 Å². The van der Waals surface area contributed by atoms with Gasteiger partial charge in [0.25, 0.3) is 0 Å². The molecule has 0 fully saturated rings. The fraction of sp³-hybridized carbons (Fsp3) is 0.357. The third-order valence-corrected chi connectivity index (χ3v) is 3.77. The first kappa shape index (κ1) is 12.3. The average Bonchev–Trinajstić information content (AvgIpc) is 2.64. The molecule has 0 saturated heterocycles. The van der Waals surface area contributed by atoms with Crippen LogP contribution in [0.2, 0.25) is 0 Å². The Morgan fingerprint density at radius 3 is 2.24 bits per heavy atom. The minimum atomic E-state index is 0.250. The molecule has 1 atom stereocenters. The highest BCUT2D eigenvalue weighted by Crippen LogP contribution is 2.27. The van der Waals surface area contributed by atoms with Crippen LogP contribution in [0.3, 0.4) is 0 Å². The first-order valence-electron chi connectivity index (χ1n) is 5.78. The highest BCUT2D eigenvalue weighted by molar-refractivity contribution is 7.11. The fourth-order valence-electron chi connectivity index (χ4n) is 2.16. The first-order valence-corrected chi connectivity index (χ1v) is 6.59. The van der Waals surface area contributed by atoms with Gasteiger partial charge in [-0.25, -0.2) is 4.98 Å². The molecule has 1 unspecified atom stereocenters. The number of nitrogens with one attached hydrogen (secondary N) is 1. The van der Waals surface area contributed by atoms with Gasteiger partial charge in [-0.05, 0) is 33.4 Å². The molecule has 90 valence electrons. The van der Waals surface area contributed by atoms with Crippen molar-refractivity contribution >= 4 is 11.3 Å². The number of aryl methyl sites for hydroxylation is 3. The standard InChI is InChI=1S/C14H18N2S/c1-9-5-10(2)7-12(6-9)14(15-4)13-8-16-11(3)17-13/h5-8,14-15H,1-4H3. The summed E-state index contributed by atoms with van der Waals surface area (Å²) in [5, 5.41) is 4.49. The van der Waals surface area contributed by atoms with E-state index in [1.807, 2.05) is 20.2 Å². The summed E-state index contributed by atoms with van der Waals surface area (Å²) in [5.41, 5.74) is 3.93. The second-order valence-corrected chi connectivity index (χ2v) is 5.69. The maximum absolute atomic E-state index is 4.33. The fourth-order valence-corrected chi connectivity index (χ4v) is 3.08. The summed E-state index contributed by atoms with van der Waals surface area (Å²) in [6.07, 6.45) is 1.97. The van der Waals surface area contributed by atoms with Crippen molar-refractivity contribution < 1.29 is 0 Å². The van der Waals surface area contributed by atoms with Crippen LogP contribution in [0.1, 0.15) is 32.6 Å². The van der Waals surface area contributed by atoms with Gasteiger partial charge in [0, 0.05) is 11.1 Å². The predicted octanol–water partition coefficient (Wildman–Crippen LogP) is 3.38. The molecular weight excluding hydrogens is 228 g/mol. The van der Waals surface area contributed by atoms with E-state index in [1.165, 1.54) is 21.6 Å². The van der Waals surface area contributed by atoms with Gasteiger partial charge in [0.1, 0.15) is 0 Å². The minimum Gasteiger partial charge on any atom is -0.309 e. The Bertz CT molecular complexity index is 496. The second-order valence-electron chi connectivity index (χ2n) is 4.42. The summed E-state index contributed by atoms with van der Waals surface area (Å²) < 4.78 is 0. The first-order chi connectivity index (χ1) is 8.10. The molecule has 1 aromatic heterocycles. The topological polar surface area (TPSA) is 24.9 Å². The van der Waals surface area contributed by atoms with Crippen molar-refractivity contribution in [2.45, 2.75) is 26.8 Å². The highest BCUT2D eigenvalue weighted by atomic mass is 32.1. The lowest BCUT2D eigenvalue weighted by Crippen LogP contribution is -2.16. The molecule has 0 bridgehead atoms. The summed E-state index contributed by atoms with van der Waals surface area (Å²) in [7, 11) is 2.00. The summed E-state index contributed by atoms with van der Waals surface area (Å²) in [4.78, 5) is 5.61. The maximum atomic E-state index is 4.33. The van der Waals surface area contributed by atoms with Crippen molar-refractivity contribution in [1.82, 2.24) is 10.3 Å². The van der Waals surface area contributed by atoms with Gasteiger partial charge < -0.3 is 5.32 Å². The number of thiazole rings is 1. The van der Waals surface area contributed by atoms with E-state index in [1.54, 1.807) is 11.3 Å². The van der Waals surface area contributed by atoms with Gasteiger partial charge in [-0.3, -0.25) is 0 Å². The zero-order chi connectivity index (χ0) is 12.4. The molecule has 1 N–H and O–H groups in total. The number of benzene rings is 1. The van der Waals surface area contributed by atoms with Crippen molar-refractivity contribution in [3.8, 4) is 0 Å². The van der Waals surface area contributed by atoms with Crippen molar-refractivity contribution in [2.75, 3.05) is 7.05 Å². The molecule has 0 radical (unpaired) electrons. The van der Waals surface area contributed by atoms with Crippen molar-refractivity contribution in [2.24, 2.45) is 0 Å². The van der Waals surface area contributed by atoms with E-state index in [0.717, 1.165) is 5.01 Å². The molecule has 0 spiro atoms. The predicted molar refractivity (Wildman–Crippen MR) is 73.7 cm³/mol. The maximum Gasteiger partial charge on any atom is 0.0897 e. The van der Waals surface area contributed by atoms with Crippen LogP contribution in [0.25, 0.3) is 0 Å². The largest absolute Gasteiger partial charge is 0.309 e. The molecule has 1 heterocycles. The van der Waals surface area contributed by atoms with E-state index in [9.17, 15) is 0 Å². The highest BCUT2D eigenvalue weighted by Gasteiger charge is 2.14. The molecular formula is C14H18N2S. The van der Waals surface area contributed by atoms with Crippen molar-refractivity contribution in [3.05, 3.63) is 51.0 Å². The molecule has 0 aliphatic heterocycles. The molecule has 0 aliphatic rings. The molecule has 17 heavy (non-hydrogen) atoms. The monoisotopic (exact) mass is 246 g/mol. The van der Waals surface area contributed by atoms with Crippen LogP contribution in [-0.4, -0.2) is 12.0 Å². The second kappa shape index (κ2) is 4.98. The van der Waals surface area contributed by atoms with Crippen LogP contribution in [0.4, 0.5) is 0 Å². The van der Waals surface area contributed by atoms with E-state index >= 15 is 0 Å². The number of hydrogen-bond acceptors (Lipinski definition) is 3. The zero-order valence-electron chi connectivity index (χ0n) is 10.7. The number of nitrogens with zero attached hydrogens (tertiary/aromatic N) is 1. The summed E-state index contributed by atoms with van der Waals surface area (Å²) in [5.74, 6) is 0. The third-order valence-electron chi connectivity index (χ3n) is 2.79. The van der Waals surface area contributed by atoms with Gasteiger partial charge in [-0.1, -0.05) is 29.3 Å². The third kappa shape index (κ3) is 2.73.